The minimum absolute atomic E-state index is 0.0455. The van der Waals surface area contributed by atoms with E-state index in [2.05, 4.69) is 17.1 Å². The molecule has 0 saturated heterocycles. The fraction of sp³-hybridized carbons (Fsp3) is 0.286. The van der Waals surface area contributed by atoms with E-state index in [1.165, 1.54) is 5.56 Å². The van der Waals surface area contributed by atoms with Crippen molar-refractivity contribution in [3.63, 3.8) is 0 Å². The first-order chi connectivity index (χ1) is 13.8. The van der Waals surface area contributed by atoms with Gasteiger partial charge >= 0.3 is 11.9 Å². The molecule has 0 aliphatic heterocycles. The van der Waals surface area contributed by atoms with E-state index < -0.39 is 17.5 Å². The average molecular weight is 396 g/mol. The number of fused-ring (bicyclic) bond motifs is 3. The molecule has 8 nitrogen and oxygen atoms in total. The van der Waals surface area contributed by atoms with Crippen molar-refractivity contribution in [1.29, 1.82) is 0 Å². The summed E-state index contributed by atoms with van der Waals surface area (Å²) in [5.74, 6) is -2.54. The zero-order valence-electron chi connectivity index (χ0n) is 15.9. The lowest BCUT2D eigenvalue weighted by atomic mass is 9.94. The number of carbonyl (C=O) groups excluding carboxylic acids is 1. The maximum Gasteiger partial charge on any atom is 0.338 e. The predicted octanol–water partition coefficient (Wildman–Crippen LogP) is 1.14. The summed E-state index contributed by atoms with van der Waals surface area (Å²) in [5, 5.41) is 9.47. The van der Waals surface area contributed by atoms with Crippen molar-refractivity contribution in [2.75, 3.05) is 6.54 Å². The van der Waals surface area contributed by atoms with Crippen LogP contribution in [0.25, 0.3) is 11.1 Å². The van der Waals surface area contributed by atoms with Crippen LogP contribution in [0.2, 0.25) is 0 Å². The van der Waals surface area contributed by atoms with Crippen LogP contribution in [0.4, 0.5) is 0 Å². The molecule has 0 aromatic heterocycles. The van der Waals surface area contributed by atoms with Gasteiger partial charge in [-0.25, -0.2) is 9.59 Å². The number of nitrogens with zero attached hydrogens (tertiary/aromatic N) is 1. The molecule has 152 valence electrons. The van der Waals surface area contributed by atoms with Gasteiger partial charge in [-0.3, -0.25) is 4.99 Å². The largest absolute Gasteiger partial charge is 0.479 e. The van der Waals surface area contributed by atoms with Gasteiger partial charge in [-0.05, 0) is 47.1 Å². The summed E-state index contributed by atoms with van der Waals surface area (Å²) < 4.78 is 5.33. The van der Waals surface area contributed by atoms with E-state index in [0.29, 0.717) is 0 Å². The lowest BCUT2D eigenvalue weighted by Crippen LogP contribution is -2.55. The average Bonchev–Trinajstić information content (AvgIpc) is 3.08. The Bertz CT molecular complexity index is 969. The third kappa shape index (κ3) is 4.22. The highest BCUT2D eigenvalue weighted by atomic mass is 16.5. The fourth-order valence-corrected chi connectivity index (χ4v) is 3.49. The molecule has 0 heterocycles. The van der Waals surface area contributed by atoms with E-state index in [4.69, 9.17) is 21.9 Å². The summed E-state index contributed by atoms with van der Waals surface area (Å²) in [6, 6.07) is 13.9. The molecule has 0 saturated carbocycles. The summed E-state index contributed by atoms with van der Waals surface area (Å²) >= 11 is 0. The number of hydrogen-bond acceptors (Lipinski definition) is 5. The summed E-state index contributed by atoms with van der Waals surface area (Å²) in [6.45, 7) is 0.127. The highest BCUT2D eigenvalue weighted by molar-refractivity contribution is 6.03. The van der Waals surface area contributed by atoms with Crippen molar-refractivity contribution in [2.45, 2.75) is 31.4 Å². The lowest BCUT2D eigenvalue weighted by Gasteiger charge is -2.22. The number of hydrogen-bond donors (Lipinski definition) is 4. The normalized spacial score (nSPS) is 13.7. The Morgan fingerprint density at radius 3 is 2.55 bits per heavy atom. The number of rotatable bonds is 8. The molecule has 0 spiro atoms. The Balaban J connectivity index is 1.70. The predicted molar refractivity (Wildman–Crippen MR) is 109 cm³/mol. The number of carbonyl (C=O) groups is 2. The van der Waals surface area contributed by atoms with Gasteiger partial charge in [-0.15, -0.1) is 0 Å². The molecule has 0 amide bonds. The summed E-state index contributed by atoms with van der Waals surface area (Å²) in [6.07, 6.45) is 0.826. The second kappa shape index (κ2) is 8.32. The lowest BCUT2D eigenvalue weighted by molar-refractivity contribution is -0.162. The van der Waals surface area contributed by atoms with Crippen LogP contribution in [0.5, 0.6) is 0 Å². The molecule has 3 rings (SSSR count). The zero-order chi connectivity index (χ0) is 21.0. The van der Waals surface area contributed by atoms with Crippen LogP contribution in [0.15, 0.2) is 47.5 Å². The smallest absolute Gasteiger partial charge is 0.338 e. The van der Waals surface area contributed by atoms with Crippen molar-refractivity contribution in [3.8, 4) is 11.1 Å². The number of guanidine groups is 1. The van der Waals surface area contributed by atoms with E-state index >= 15 is 0 Å². The van der Waals surface area contributed by atoms with Crippen LogP contribution in [-0.4, -0.2) is 35.1 Å². The number of aliphatic imine (C=N–C) groups is 1. The van der Waals surface area contributed by atoms with E-state index in [9.17, 15) is 14.7 Å². The maximum absolute atomic E-state index is 12.5. The number of ether oxygens (including phenoxy) is 1. The minimum atomic E-state index is -2.15. The Labute approximate surface area is 168 Å². The van der Waals surface area contributed by atoms with Crippen LogP contribution in [0, 0.1) is 0 Å². The molecule has 1 atom stereocenters. The van der Waals surface area contributed by atoms with Gasteiger partial charge in [0.2, 0.25) is 5.54 Å². The summed E-state index contributed by atoms with van der Waals surface area (Å²) in [5.41, 5.74) is 19.6. The monoisotopic (exact) mass is 396 g/mol. The third-order valence-corrected chi connectivity index (χ3v) is 5.08. The number of carboxylic acids is 1. The van der Waals surface area contributed by atoms with Gasteiger partial charge in [0.05, 0.1) is 0 Å². The van der Waals surface area contributed by atoms with Gasteiger partial charge in [-0.2, -0.15) is 0 Å². The minimum Gasteiger partial charge on any atom is -0.479 e. The molecule has 1 aliphatic rings. The Kier molecular flexibility index (Phi) is 5.84. The number of nitrogens with two attached hydrogens (primary N) is 3. The number of aliphatic carboxylic acids is 1. The SMILES string of the molecule is NC(N)=NCCC[C@](N)(C(=O)O)C(=O)OCc1cccc2c1Cc1ccccc1-2. The molecular formula is C21H24N4O4. The fourth-order valence-electron chi connectivity index (χ4n) is 3.49. The van der Waals surface area contributed by atoms with Crippen molar-refractivity contribution >= 4 is 17.9 Å². The first-order valence-electron chi connectivity index (χ1n) is 9.27. The molecule has 0 unspecified atom stereocenters. The van der Waals surface area contributed by atoms with Gasteiger partial charge in [0.15, 0.2) is 5.96 Å². The third-order valence-electron chi connectivity index (χ3n) is 5.08. The molecule has 2 aromatic carbocycles. The standard InChI is InChI=1S/C21H24N4O4/c22-20(23)25-10-4-9-21(24,18(26)27)19(28)29-12-14-6-3-8-16-15-7-2-1-5-13(15)11-17(14)16/h1-3,5-8H,4,9-12,24H2,(H,26,27)(H4,22,23,25)/t21-/m0/s1. The molecule has 2 aromatic rings. The second-order valence-corrected chi connectivity index (χ2v) is 7.04. The highest BCUT2D eigenvalue weighted by Gasteiger charge is 2.43. The van der Waals surface area contributed by atoms with E-state index in [-0.39, 0.29) is 32.0 Å². The molecule has 29 heavy (non-hydrogen) atoms. The number of benzene rings is 2. The first kappa shape index (κ1) is 20.3. The van der Waals surface area contributed by atoms with E-state index in [1.807, 2.05) is 30.3 Å². The van der Waals surface area contributed by atoms with Crippen molar-refractivity contribution in [1.82, 2.24) is 0 Å². The zero-order valence-corrected chi connectivity index (χ0v) is 15.9. The number of carboxylic acid groups (broad SMARTS) is 1. The van der Waals surface area contributed by atoms with Crippen LogP contribution >= 0.6 is 0 Å². The molecule has 0 bridgehead atoms. The molecule has 0 fully saturated rings. The van der Waals surface area contributed by atoms with Crippen LogP contribution < -0.4 is 17.2 Å². The first-order valence-corrected chi connectivity index (χ1v) is 9.27. The Morgan fingerprint density at radius 2 is 1.83 bits per heavy atom. The Morgan fingerprint density at radius 1 is 1.10 bits per heavy atom. The summed E-state index contributed by atoms with van der Waals surface area (Å²) in [7, 11) is 0. The van der Waals surface area contributed by atoms with Crippen molar-refractivity contribution in [3.05, 3.63) is 59.2 Å². The van der Waals surface area contributed by atoms with Crippen LogP contribution in [0.1, 0.15) is 29.5 Å². The van der Waals surface area contributed by atoms with Crippen LogP contribution in [0.3, 0.4) is 0 Å². The second-order valence-electron chi connectivity index (χ2n) is 7.04. The highest BCUT2D eigenvalue weighted by Crippen LogP contribution is 2.38. The molecule has 1 aliphatic carbocycles. The van der Waals surface area contributed by atoms with Gasteiger partial charge in [0.1, 0.15) is 6.61 Å². The van der Waals surface area contributed by atoms with Crippen LogP contribution in [-0.2, 0) is 27.4 Å². The quantitative estimate of drug-likeness (QED) is 0.146. The van der Waals surface area contributed by atoms with Gasteiger partial charge in [-0.1, -0.05) is 42.5 Å². The summed E-state index contributed by atoms with van der Waals surface area (Å²) in [4.78, 5) is 27.9. The van der Waals surface area contributed by atoms with Crippen molar-refractivity contribution in [2.24, 2.45) is 22.2 Å². The van der Waals surface area contributed by atoms with Gasteiger partial charge in [0, 0.05) is 6.54 Å². The topological polar surface area (TPSA) is 154 Å². The van der Waals surface area contributed by atoms with Crippen molar-refractivity contribution < 1.29 is 19.4 Å². The number of esters is 1. The van der Waals surface area contributed by atoms with Gasteiger partial charge < -0.3 is 27.0 Å². The maximum atomic E-state index is 12.5. The molecule has 7 N–H and O–H groups in total. The Hall–Kier alpha value is -3.39. The molecule has 8 heteroatoms. The molecule has 0 radical (unpaired) electrons. The van der Waals surface area contributed by atoms with Gasteiger partial charge in [0.25, 0.3) is 0 Å². The van der Waals surface area contributed by atoms with E-state index in [1.54, 1.807) is 0 Å². The van der Waals surface area contributed by atoms with E-state index in [0.717, 1.165) is 28.7 Å². The molecular weight excluding hydrogens is 372 g/mol.